The van der Waals surface area contributed by atoms with E-state index in [2.05, 4.69) is 69.0 Å². The van der Waals surface area contributed by atoms with Crippen molar-refractivity contribution in [3.63, 3.8) is 0 Å². The van der Waals surface area contributed by atoms with Crippen molar-refractivity contribution in [3.05, 3.63) is 35.4 Å². The highest BCUT2D eigenvalue weighted by molar-refractivity contribution is 7.99. The number of rotatable bonds is 5. The average Bonchev–Trinajstić information content (AvgIpc) is 2.83. The summed E-state index contributed by atoms with van der Waals surface area (Å²) < 4.78 is 0. The summed E-state index contributed by atoms with van der Waals surface area (Å²) in [5.41, 5.74) is 3.18. The van der Waals surface area contributed by atoms with Crippen molar-refractivity contribution in [3.8, 4) is 0 Å². The lowest BCUT2D eigenvalue weighted by Crippen LogP contribution is -2.36. The van der Waals surface area contributed by atoms with Crippen LogP contribution in [0.1, 0.15) is 45.2 Å². The molecule has 2 unspecified atom stereocenters. The number of benzene rings is 1. The number of thioether (sulfide) groups is 1. The van der Waals surface area contributed by atoms with Crippen LogP contribution in [-0.4, -0.2) is 24.1 Å². The van der Waals surface area contributed by atoms with E-state index in [4.69, 9.17) is 0 Å². The van der Waals surface area contributed by atoms with E-state index in [-0.39, 0.29) is 5.41 Å². The Morgan fingerprint density at radius 1 is 1.15 bits per heavy atom. The van der Waals surface area contributed by atoms with Crippen LogP contribution in [0.5, 0.6) is 0 Å². The molecule has 2 rings (SSSR count). The summed E-state index contributed by atoms with van der Waals surface area (Å²) in [7, 11) is 0. The van der Waals surface area contributed by atoms with Gasteiger partial charge in [0.2, 0.25) is 0 Å². The summed E-state index contributed by atoms with van der Waals surface area (Å²) in [5, 5.41) is 3.72. The topological polar surface area (TPSA) is 12.0 Å². The van der Waals surface area contributed by atoms with Gasteiger partial charge in [-0.05, 0) is 47.6 Å². The van der Waals surface area contributed by atoms with Gasteiger partial charge in [0.15, 0.2) is 0 Å². The SMILES string of the molecule is CCCNC1CSCC1Cc1ccc(C(C)(C)C)cc1. The molecule has 1 fully saturated rings. The first-order valence-corrected chi connectivity index (χ1v) is 9.06. The molecule has 0 aliphatic carbocycles. The minimum absolute atomic E-state index is 0.257. The summed E-state index contributed by atoms with van der Waals surface area (Å²) in [5.74, 6) is 3.39. The maximum atomic E-state index is 3.72. The van der Waals surface area contributed by atoms with Crippen LogP contribution in [0.15, 0.2) is 24.3 Å². The Bertz CT molecular complexity index is 404. The summed E-state index contributed by atoms with van der Waals surface area (Å²) in [4.78, 5) is 0. The molecule has 0 amide bonds. The van der Waals surface area contributed by atoms with Crippen LogP contribution in [0.3, 0.4) is 0 Å². The quantitative estimate of drug-likeness (QED) is 0.870. The highest BCUT2D eigenvalue weighted by Crippen LogP contribution is 2.28. The lowest BCUT2D eigenvalue weighted by Gasteiger charge is -2.22. The van der Waals surface area contributed by atoms with Gasteiger partial charge in [0.05, 0.1) is 0 Å². The molecule has 1 saturated heterocycles. The Kier molecular flexibility index (Phi) is 5.57. The Morgan fingerprint density at radius 3 is 2.45 bits per heavy atom. The first-order valence-electron chi connectivity index (χ1n) is 7.91. The van der Waals surface area contributed by atoms with Crippen molar-refractivity contribution in [2.45, 2.75) is 52.0 Å². The van der Waals surface area contributed by atoms with Crippen molar-refractivity contribution in [1.82, 2.24) is 5.32 Å². The number of hydrogen-bond donors (Lipinski definition) is 1. The van der Waals surface area contributed by atoms with Gasteiger partial charge in [0.1, 0.15) is 0 Å². The normalized spacial score (nSPS) is 23.2. The molecule has 1 N–H and O–H groups in total. The third kappa shape index (κ3) is 4.26. The van der Waals surface area contributed by atoms with Gasteiger partial charge in [-0.3, -0.25) is 0 Å². The van der Waals surface area contributed by atoms with Crippen LogP contribution in [0.2, 0.25) is 0 Å². The van der Waals surface area contributed by atoms with Crippen LogP contribution in [0.4, 0.5) is 0 Å². The molecular formula is C18H29NS. The molecule has 1 aromatic rings. The smallest absolute Gasteiger partial charge is 0.0197 e. The monoisotopic (exact) mass is 291 g/mol. The Labute approximate surface area is 128 Å². The zero-order valence-electron chi connectivity index (χ0n) is 13.4. The Hall–Kier alpha value is -0.470. The molecule has 0 bridgehead atoms. The third-order valence-corrected chi connectivity index (χ3v) is 5.43. The van der Waals surface area contributed by atoms with Gasteiger partial charge in [0, 0.05) is 11.8 Å². The molecule has 2 heteroatoms. The fourth-order valence-corrected chi connectivity index (χ4v) is 4.23. The van der Waals surface area contributed by atoms with Crippen LogP contribution in [0, 0.1) is 5.92 Å². The summed E-state index contributed by atoms with van der Waals surface area (Å²) in [6.45, 7) is 10.2. The zero-order valence-corrected chi connectivity index (χ0v) is 14.2. The molecule has 2 atom stereocenters. The minimum Gasteiger partial charge on any atom is -0.313 e. The third-order valence-electron chi connectivity index (χ3n) is 4.17. The van der Waals surface area contributed by atoms with Gasteiger partial charge in [-0.2, -0.15) is 11.8 Å². The maximum absolute atomic E-state index is 3.72. The molecule has 1 aliphatic heterocycles. The highest BCUT2D eigenvalue weighted by atomic mass is 32.2. The molecule has 1 aliphatic rings. The fraction of sp³-hybridized carbons (Fsp3) is 0.667. The first kappa shape index (κ1) is 15.9. The first-order chi connectivity index (χ1) is 9.50. The number of nitrogens with one attached hydrogen (secondary N) is 1. The van der Waals surface area contributed by atoms with E-state index in [9.17, 15) is 0 Å². The molecule has 1 aromatic carbocycles. The maximum Gasteiger partial charge on any atom is 0.0197 e. The van der Waals surface area contributed by atoms with Crippen molar-refractivity contribution in [1.29, 1.82) is 0 Å². The summed E-state index contributed by atoms with van der Waals surface area (Å²) in [6.07, 6.45) is 2.45. The number of hydrogen-bond acceptors (Lipinski definition) is 2. The highest BCUT2D eigenvalue weighted by Gasteiger charge is 2.27. The van der Waals surface area contributed by atoms with E-state index in [1.165, 1.54) is 35.5 Å². The lowest BCUT2D eigenvalue weighted by atomic mass is 9.85. The minimum atomic E-state index is 0.257. The second kappa shape index (κ2) is 7.00. The summed E-state index contributed by atoms with van der Waals surface area (Å²) in [6, 6.07) is 10.0. The van der Waals surface area contributed by atoms with Crippen molar-refractivity contribution >= 4 is 11.8 Å². The molecule has 112 valence electrons. The molecule has 20 heavy (non-hydrogen) atoms. The van der Waals surface area contributed by atoms with E-state index in [0.717, 1.165) is 12.5 Å². The second-order valence-electron chi connectivity index (χ2n) is 7.01. The van der Waals surface area contributed by atoms with Crippen LogP contribution < -0.4 is 5.32 Å². The van der Waals surface area contributed by atoms with Gasteiger partial charge in [0.25, 0.3) is 0 Å². The molecule has 0 aromatic heterocycles. The molecular weight excluding hydrogens is 262 g/mol. The standard InChI is InChI=1S/C18H29NS/c1-5-10-19-17-13-20-12-15(17)11-14-6-8-16(9-7-14)18(2,3)4/h6-9,15,17,19H,5,10-13H2,1-4H3. The molecule has 0 radical (unpaired) electrons. The van der Waals surface area contributed by atoms with Crippen molar-refractivity contribution in [2.24, 2.45) is 5.92 Å². The van der Waals surface area contributed by atoms with E-state index in [0.29, 0.717) is 6.04 Å². The van der Waals surface area contributed by atoms with Gasteiger partial charge >= 0.3 is 0 Å². The van der Waals surface area contributed by atoms with Crippen molar-refractivity contribution < 1.29 is 0 Å². The molecule has 1 nitrogen and oxygen atoms in total. The molecule has 1 heterocycles. The largest absolute Gasteiger partial charge is 0.313 e. The van der Waals surface area contributed by atoms with E-state index >= 15 is 0 Å². The molecule has 0 saturated carbocycles. The zero-order chi connectivity index (χ0) is 14.6. The van der Waals surface area contributed by atoms with E-state index < -0.39 is 0 Å². The fourth-order valence-electron chi connectivity index (χ4n) is 2.80. The van der Waals surface area contributed by atoms with Crippen LogP contribution in [-0.2, 0) is 11.8 Å². The molecule has 0 spiro atoms. The van der Waals surface area contributed by atoms with E-state index in [1.54, 1.807) is 0 Å². The predicted octanol–water partition coefficient (Wildman–Crippen LogP) is 4.26. The predicted molar refractivity (Wildman–Crippen MR) is 91.7 cm³/mol. The lowest BCUT2D eigenvalue weighted by molar-refractivity contribution is 0.425. The average molecular weight is 292 g/mol. The van der Waals surface area contributed by atoms with Gasteiger partial charge in [-0.15, -0.1) is 0 Å². The Morgan fingerprint density at radius 2 is 1.85 bits per heavy atom. The van der Waals surface area contributed by atoms with Gasteiger partial charge in [-0.1, -0.05) is 52.0 Å². The summed E-state index contributed by atoms with van der Waals surface area (Å²) >= 11 is 2.10. The van der Waals surface area contributed by atoms with Gasteiger partial charge < -0.3 is 5.32 Å². The van der Waals surface area contributed by atoms with Crippen LogP contribution in [0.25, 0.3) is 0 Å². The van der Waals surface area contributed by atoms with Crippen molar-refractivity contribution in [2.75, 3.05) is 18.1 Å². The Balaban J connectivity index is 1.95. The van der Waals surface area contributed by atoms with Gasteiger partial charge in [-0.25, -0.2) is 0 Å². The second-order valence-corrected chi connectivity index (χ2v) is 8.08. The van der Waals surface area contributed by atoms with E-state index in [1.807, 2.05) is 0 Å². The van der Waals surface area contributed by atoms with Crippen LogP contribution >= 0.6 is 11.8 Å².